The Hall–Kier alpha value is -1.69. The van der Waals surface area contributed by atoms with Crippen LogP contribution in [0, 0.1) is 6.92 Å². The first-order valence-corrected chi connectivity index (χ1v) is 7.73. The molecule has 1 amide bonds. The van der Waals surface area contributed by atoms with Gasteiger partial charge in [-0.05, 0) is 13.0 Å². The Labute approximate surface area is 121 Å². The second-order valence-corrected chi connectivity index (χ2v) is 6.08. The van der Waals surface area contributed by atoms with Crippen molar-refractivity contribution in [3.63, 3.8) is 0 Å². The van der Waals surface area contributed by atoms with Crippen LogP contribution in [0.15, 0.2) is 29.1 Å². The molecule has 1 aliphatic heterocycles. The average Bonchev–Trinajstić information content (AvgIpc) is 3.07. The van der Waals surface area contributed by atoms with Gasteiger partial charge in [0, 0.05) is 36.9 Å². The minimum absolute atomic E-state index is 0.0467. The van der Waals surface area contributed by atoms with Crippen molar-refractivity contribution in [1.29, 1.82) is 0 Å². The summed E-state index contributed by atoms with van der Waals surface area (Å²) in [7, 11) is 1.89. The van der Waals surface area contributed by atoms with Gasteiger partial charge in [0.05, 0.1) is 24.1 Å². The van der Waals surface area contributed by atoms with Gasteiger partial charge in [-0.15, -0.1) is 0 Å². The van der Waals surface area contributed by atoms with E-state index in [2.05, 4.69) is 5.10 Å². The first-order valence-electron chi connectivity index (χ1n) is 6.58. The van der Waals surface area contributed by atoms with Gasteiger partial charge in [-0.2, -0.15) is 16.9 Å². The molecule has 3 heterocycles. The molecule has 0 N–H and O–H groups in total. The van der Waals surface area contributed by atoms with E-state index >= 15 is 0 Å². The molecule has 106 valence electrons. The number of amides is 1. The summed E-state index contributed by atoms with van der Waals surface area (Å²) >= 11 is 1.88. The SMILES string of the molecule is Cc1occc1C(=O)N1CCSC[C@H]1c1cnn(C)c1. The van der Waals surface area contributed by atoms with Crippen LogP contribution in [-0.4, -0.2) is 38.6 Å². The van der Waals surface area contributed by atoms with Crippen LogP contribution in [0.25, 0.3) is 0 Å². The molecule has 2 aromatic heterocycles. The summed E-state index contributed by atoms with van der Waals surface area (Å²) in [6.07, 6.45) is 5.40. The average molecular weight is 291 g/mol. The molecule has 0 radical (unpaired) electrons. The molecular formula is C14H17N3O2S. The van der Waals surface area contributed by atoms with Crippen molar-refractivity contribution in [2.24, 2.45) is 7.05 Å². The summed E-state index contributed by atoms with van der Waals surface area (Å²) in [6, 6.07) is 1.84. The van der Waals surface area contributed by atoms with E-state index < -0.39 is 0 Å². The zero-order chi connectivity index (χ0) is 14.1. The van der Waals surface area contributed by atoms with Crippen molar-refractivity contribution in [3.8, 4) is 0 Å². The summed E-state index contributed by atoms with van der Waals surface area (Å²) in [5.41, 5.74) is 1.75. The first-order chi connectivity index (χ1) is 9.66. The maximum atomic E-state index is 12.7. The molecule has 0 bridgehead atoms. The van der Waals surface area contributed by atoms with Gasteiger partial charge in [-0.3, -0.25) is 9.48 Å². The summed E-state index contributed by atoms with van der Waals surface area (Å²) in [5.74, 6) is 2.61. The van der Waals surface area contributed by atoms with E-state index in [0.717, 1.165) is 23.6 Å². The van der Waals surface area contributed by atoms with Gasteiger partial charge >= 0.3 is 0 Å². The van der Waals surface area contributed by atoms with Gasteiger partial charge in [0.2, 0.25) is 0 Å². The van der Waals surface area contributed by atoms with E-state index in [-0.39, 0.29) is 11.9 Å². The zero-order valence-corrected chi connectivity index (χ0v) is 12.4. The van der Waals surface area contributed by atoms with Gasteiger partial charge in [-0.1, -0.05) is 0 Å². The van der Waals surface area contributed by atoms with E-state index in [1.165, 1.54) is 0 Å². The Morgan fingerprint density at radius 3 is 3.05 bits per heavy atom. The molecule has 3 rings (SSSR count). The van der Waals surface area contributed by atoms with Crippen molar-refractivity contribution < 1.29 is 9.21 Å². The maximum Gasteiger partial charge on any atom is 0.257 e. The number of hydrogen-bond acceptors (Lipinski definition) is 4. The van der Waals surface area contributed by atoms with E-state index in [1.807, 2.05) is 43.0 Å². The molecule has 0 aliphatic carbocycles. The number of aryl methyl sites for hydroxylation is 2. The lowest BCUT2D eigenvalue weighted by Gasteiger charge is -2.34. The molecule has 1 atom stereocenters. The number of nitrogens with zero attached hydrogens (tertiary/aromatic N) is 3. The van der Waals surface area contributed by atoms with Crippen LogP contribution >= 0.6 is 11.8 Å². The van der Waals surface area contributed by atoms with Crippen LogP contribution in [0.5, 0.6) is 0 Å². The van der Waals surface area contributed by atoms with Crippen LogP contribution in [0.1, 0.15) is 27.7 Å². The molecule has 0 aromatic carbocycles. The van der Waals surface area contributed by atoms with E-state index in [0.29, 0.717) is 11.3 Å². The number of hydrogen-bond donors (Lipinski definition) is 0. The Morgan fingerprint density at radius 2 is 2.40 bits per heavy atom. The highest BCUT2D eigenvalue weighted by Gasteiger charge is 2.31. The molecule has 1 aliphatic rings. The predicted octanol–water partition coefficient (Wildman–Crippen LogP) is 2.25. The molecule has 5 nitrogen and oxygen atoms in total. The second-order valence-electron chi connectivity index (χ2n) is 4.93. The largest absolute Gasteiger partial charge is 0.469 e. The van der Waals surface area contributed by atoms with Gasteiger partial charge in [0.15, 0.2) is 0 Å². The van der Waals surface area contributed by atoms with Gasteiger partial charge in [0.25, 0.3) is 5.91 Å². The standard InChI is InChI=1S/C14H17N3O2S/c1-10-12(3-5-19-10)14(18)17-4-6-20-9-13(17)11-7-15-16(2)8-11/h3,5,7-8,13H,4,6,9H2,1-2H3/t13-/m0/s1. The topological polar surface area (TPSA) is 51.3 Å². The Kier molecular flexibility index (Phi) is 3.56. The van der Waals surface area contributed by atoms with Crippen LogP contribution in [-0.2, 0) is 7.05 Å². The van der Waals surface area contributed by atoms with Crippen molar-refractivity contribution >= 4 is 17.7 Å². The lowest BCUT2D eigenvalue weighted by molar-refractivity contribution is 0.0699. The monoisotopic (exact) mass is 291 g/mol. The fourth-order valence-corrected chi connectivity index (χ4v) is 3.58. The van der Waals surface area contributed by atoms with Gasteiger partial charge < -0.3 is 9.32 Å². The minimum atomic E-state index is 0.0467. The molecule has 20 heavy (non-hydrogen) atoms. The number of carbonyl (C=O) groups is 1. The fourth-order valence-electron chi connectivity index (χ4n) is 2.50. The molecule has 1 saturated heterocycles. The fraction of sp³-hybridized carbons (Fsp3) is 0.429. The van der Waals surface area contributed by atoms with Crippen molar-refractivity contribution in [2.45, 2.75) is 13.0 Å². The van der Waals surface area contributed by atoms with Crippen LogP contribution in [0.2, 0.25) is 0 Å². The van der Waals surface area contributed by atoms with E-state index in [9.17, 15) is 4.79 Å². The van der Waals surface area contributed by atoms with Crippen LogP contribution in [0.4, 0.5) is 0 Å². The Bertz CT molecular complexity index is 619. The summed E-state index contributed by atoms with van der Waals surface area (Å²) in [4.78, 5) is 14.6. The predicted molar refractivity (Wildman–Crippen MR) is 77.8 cm³/mol. The quantitative estimate of drug-likeness (QED) is 0.851. The maximum absolute atomic E-state index is 12.7. The van der Waals surface area contributed by atoms with E-state index in [4.69, 9.17) is 4.42 Å². The lowest BCUT2D eigenvalue weighted by atomic mass is 10.1. The van der Waals surface area contributed by atoms with Crippen LogP contribution < -0.4 is 0 Å². The first kappa shape index (κ1) is 13.3. The second kappa shape index (κ2) is 5.36. The van der Waals surface area contributed by atoms with Gasteiger partial charge in [0.1, 0.15) is 5.76 Å². The molecule has 1 fully saturated rings. The zero-order valence-electron chi connectivity index (χ0n) is 11.6. The molecule has 0 unspecified atom stereocenters. The van der Waals surface area contributed by atoms with Crippen molar-refractivity contribution in [3.05, 3.63) is 41.6 Å². The number of carbonyl (C=O) groups excluding carboxylic acids is 1. The highest BCUT2D eigenvalue weighted by atomic mass is 32.2. The smallest absolute Gasteiger partial charge is 0.257 e. The normalized spacial score (nSPS) is 19.3. The highest BCUT2D eigenvalue weighted by Crippen LogP contribution is 2.31. The minimum Gasteiger partial charge on any atom is -0.469 e. The third kappa shape index (κ3) is 2.35. The number of rotatable bonds is 2. The Balaban J connectivity index is 1.89. The van der Waals surface area contributed by atoms with E-state index in [1.54, 1.807) is 17.0 Å². The third-order valence-electron chi connectivity index (χ3n) is 3.59. The lowest BCUT2D eigenvalue weighted by Crippen LogP contribution is -2.40. The number of aromatic nitrogens is 2. The highest BCUT2D eigenvalue weighted by molar-refractivity contribution is 7.99. The summed E-state index contributed by atoms with van der Waals surface area (Å²) in [5, 5.41) is 4.22. The molecule has 0 saturated carbocycles. The van der Waals surface area contributed by atoms with Crippen LogP contribution in [0.3, 0.4) is 0 Å². The number of thioether (sulfide) groups is 1. The third-order valence-corrected chi connectivity index (χ3v) is 4.61. The summed E-state index contributed by atoms with van der Waals surface area (Å²) < 4.78 is 7.03. The molecule has 2 aromatic rings. The van der Waals surface area contributed by atoms with Crippen molar-refractivity contribution in [1.82, 2.24) is 14.7 Å². The molecular weight excluding hydrogens is 274 g/mol. The summed E-state index contributed by atoms with van der Waals surface area (Å²) in [6.45, 7) is 2.58. The number of furan rings is 1. The van der Waals surface area contributed by atoms with Gasteiger partial charge in [-0.25, -0.2) is 0 Å². The Morgan fingerprint density at radius 1 is 1.55 bits per heavy atom. The molecule has 6 heteroatoms. The van der Waals surface area contributed by atoms with Crippen molar-refractivity contribution in [2.75, 3.05) is 18.1 Å². The molecule has 0 spiro atoms.